The van der Waals surface area contributed by atoms with E-state index >= 15 is 0 Å². The predicted octanol–water partition coefficient (Wildman–Crippen LogP) is 3.62. The van der Waals surface area contributed by atoms with Crippen LogP contribution in [-0.2, 0) is 11.2 Å². The highest BCUT2D eigenvalue weighted by Crippen LogP contribution is 2.43. The largest absolute Gasteiger partial charge is 0.497 e. The molecule has 0 saturated carbocycles. The maximum Gasteiger partial charge on any atom is 0.230 e. The summed E-state index contributed by atoms with van der Waals surface area (Å²) in [5.41, 5.74) is 1.88. The van der Waals surface area contributed by atoms with Crippen LogP contribution in [-0.4, -0.2) is 45.1 Å². The Bertz CT molecular complexity index is 1020. The summed E-state index contributed by atoms with van der Waals surface area (Å²) in [5, 5.41) is 4.15. The normalized spacial score (nSPS) is 22.8. The highest BCUT2D eigenvalue weighted by molar-refractivity contribution is 5.80. The summed E-state index contributed by atoms with van der Waals surface area (Å²) < 4.78 is 10.9. The lowest BCUT2D eigenvalue weighted by Crippen LogP contribution is -2.46. The monoisotopic (exact) mass is 404 g/mol. The molecule has 2 aliphatic rings. The van der Waals surface area contributed by atoms with Gasteiger partial charge in [-0.05, 0) is 55.5 Å². The van der Waals surface area contributed by atoms with Crippen LogP contribution >= 0.6 is 0 Å². The number of ether oxygens (including phenoxy) is 1. The first-order valence-electron chi connectivity index (χ1n) is 10.4. The first-order valence-corrected chi connectivity index (χ1v) is 10.4. The molecule has 2 fully saturated rings. The third kappa shape index (κ3) is 3.56. The summed E-state index contributed by atoms with van der Waals surface area (Å²) in [6, 6.07) is 12.0. The maximum absolute atomic E-state index is 13.1. The Morgan fingerprint density at radius 1 is 1.17 bits per heavy atom. The number of methoxy groups -OCH3 is 1. The number of hydrogen-bond donors (Lipinski definition) is 0. The van der Waals surface area contributed by atoms with E-state index in [1.807, 2.05) is 36.4 Å². The summed E-state index contributed by atoms with van der Waals surface area (Å²) in [6.45, 7) is 0. The van der Waals surface area contributed by atoms with Crippen LogP contribution in [0.25, 0.3) is 11.4 Å². The third-order valence-corrected chi connectivity index (χ3v) is 6.24. The van der Waals surface area contributed by atoms with Crippen molar-refractivity contribution < 1.29 is 14.1 Å². The molecule has 30 heavy (non-hydrogen) atoms. The highest BCUT2D eigenvalue weighted by atomic mass is 16.5. The van der Waals surface area contributed by atoms with Gasteiger partial charge in [-0.1, -0.05) is 17.3 Å². The zero-order valence-corrected chi connectivity index (χ0v) is 16.9. The molecule has 0 radical (unpaired) electrons. The van der Waals surface area contributed by atoms with Gasteiger partial charge in [0.05, 0.1) is 13.5 Å². The molecule has 5 rings (SSSR count). The molecule has 7 nitrogen and oxygen atoms in total. The number of carbonyl (C=O) groups excluding carboxylic acids is 1. The van der Waals surface area contributed by atoms with Crippen molar-refractivity contribution in [2.45, 2.75) is 50.1 Å². The molecule has 154 valence electrons. The lowest BCUT2D eigenvalue weighted by Gasteiger charge is -2.38. The smallest absolute Gasteiger partial charge is 0.230 e. The fourth-order valence-electron chi connectivity index (χ4n) is 4.85. The number of amides is 1. The Morgan fingerprint density at radius 3 is 2.67 bits per heavy atom. The van der Waals surface area contributed by atoms with E-state index in [2.05, 4.69) is 20.0 Å². The molecule has 0 spiro atoms. The van der Waals surface area contributed by atoms with Crippen molar-refractivity contribution in [3.63, 3.8) is 0 Å². The zero-order valence-electron chi connectivity index (χ0n) is 16.9. The minimum absolute atomic E-state index is 0.192. The average molecular weight is 404 g/mol. The van der Waals surface area contributed by atoms with Crippen molar-refractivity contribution >= 4 is 5.91 Å². The van der Waals surface area contributed by atoms with Gasteiger partial charge in [0.25, 0.3) is 0 Å². The molecular formula is C23H24N4O3. The lowest BCUT2D eigenvalue weighted by molar-refractivity contribution is -0.135. The van der Waals surface area contributed by atoms with Crippen LogP contribution in [0.3, 0.4) is 0 Å². The molecule has 1 amide bonds. The zero-order chi connectivity index (χ0) is 20.5. The van der Waals surface area contributed by atoms with Gasteiger partial charge in [0.2, 0.25) is 17.6 Å². The van der Waals surface area contributed by atoms with Gasteiger partial charge in [-0.25, -0.2) is 0 Å². The fourth-order valence-corrected chi connectivity index (χ4v) is 4.85. The molecule has 0 N–H and O–H groups in total. The van der Waals surface area contributed by atoms with Crippen LogP contribution in [0, 0.1) is 0 Å². The van der Waals surface area contributed by atoms with Crippen molar-refractivity contribution in [2.24, 2.45) is 0 Å². The molecule has 1 aromatic carbocycles. The van der Waals surface area contributed by atoms with Gasteiger partial charge in [0.1, 0.15) is 5.75 Å². The Labute approximate surface area is 175 Å². The Balaban J connectivity index is 1.28. The van der Waals surface area contributed by atoms with Crippen LogP contribution in [0.5, 0.6) is 5.75 Å². The van der Waals surface area contributed by atoms with E-state index in [1.54, 1.807) is 19.5 Å². The topological polar surface area (TPSA) is 81.4 Å². The van der Waals surface area contributed by atoms with Gasteiger partial charge >= 0.3 is 0 Å². The number of piperidine rings is 1. The molecule has 2 bridgehead atoms. The average Bonchev–Trinajstić information content (AvgIpc) is 3.37. The minimum atomic E-state index is 0.192. The van der Waals surface area contributed by atoms with Gasteiger partial charge < -0.3 is 14.2 Å². The van der Waals surface area contributed by atoms with Gasteiger partial charge in [-0.15, -0.1) is 0 Å². The van der Waals surface area contributed by atoms with Crippen molar-refractivity contribution in [2.75, 3.05) is 7.11 Å². The summed E-state index contributed by atoms with van der Waals surface area (Å²) in [6.07, 6.45) is 7.67. The number of nitrogens with zero attached hydrogens (tertiary/aromatic N) is 4. The molecule has 7 heteroatoms. The van der Waals surface area contributed by atoms with Crippen LogP contribution in [0.2, 0.25) is 0 Å². The Morgan fingerprint density at radius 2 is 1.93 bits per heavy atom. The van der Waals surface area contributed by atoms with E-state index in [-0.39, 0.29) is 23.9 Å². The molecular weight excluding hydrogens is 380 g/mol. The number of carbonyl (C=O) groups is 1. The van der Waals surface area contributed by atoms with Crippen molar-refractivity contribution in [1.29, 1.82) is 0 Å². The minimum Gasteiger partial charge on any atom is -0.497 e. The van der Waals surface area contributed by atoms with E-state index in [9.17, 15) is 4.79 Å². The van der Waals surface area contributed by atoms with Crippen molar-refractivity contribution in [3.05, 3.63) is 60.2 Å². The van der Waals surface area contributed by atoms with Gasteiger partial charge in [-0.3, -0.25) is 9.78 Å². The Kier molecular flexibility index (Phi) is 4.94. The standard InChI is InChI=1S/C23H24N4O3/c1-29-20-4-2-3-15(11-20)12-21(28)27-18-5-6-19(27)14-17(13-18)23-25-22(26-30-23)16-7-9-24-10-8-16/h2-4,7-11,17-19H,5-6,12-14H2,1H3/t17?,18-,19+. The number of benzene rings is 1. The van der Waals surface area contributed by atoms with E-state index in [0.29, 0.717) is 18.1 Å². The summed E-state index contributed by atoms with van der Waals surface area (Å²) in [7, 11) is 1.64. The number of hydrogen-bond acceptors (Lipinski definition) is 6. The van der Waals surface area contributed by atoms with Gasteiger partial charge in [0.15, 0.2) is 0 Å². The molecule has 0 aliphatic carbocycles. The predicted molar refractivity (Wildman–Crippen MR) is 110 cm³/mol. The SMILES string of the molecule is COc1cccc(CC(=O)N2[C@@H]3CC[C@H]2CC(c2nc(-c4ccncc4)no2)C3)c1. The molecule has 2 aliphatic heterocycles. The van der Waals surface area contributed by atoms with E-state index in [1.165, 1.54) is 0 Å². The van der Waals surface area contributed by atoms with Crippen LogP contribution in [0.15, 0.2) is 53.3 Å². The highest BCUT2D eigenvalue weighted by Gasteiger charge is 2.44. The molecule has 1 unspecified atom stereocenters. The van der Waals surface area contributed by atoms with E-state index < -0.39 is 0 Å². The summed E-state index contributed by atoms with van der Waals surface area (Å²) in [4.78, 5) is 23.9. The van der Waals surface area contributed by atoms with Crippen LogP contribution in [0.1, 0.15) is 43.1 Å². The molecule has 4 heterocycles. The second-order valence-corrected chi connectivity index (χ2v) is 8.07. The number of aromatic nitrogens is 3. The maximum atomic E-state index is 13.1. The molecule has 3 aromatic rings. The third-order valence-electron chi connectivity index (χ3n) is 6.24. The number of rotatable bonds is 5. The van der Waals surface area contributed by atoms with Crippen molar-refractivity contribution in [1.82, 2.24) is 20.0 Å². The van der Waals surface area contributed by atoms with Gasteiger partial charge in [0, 0.05) is 36.0 Å². The molecule has 3 atom stereocenters. The van der Waals surface area contributed by atoms with Gasteiger partial charge in [-0.2, -0.15) is 4.98 Å². The first-order chi connectivity index (χ1) is 14.7. The summed E-state index contributed by atoms with van der Waals surface area (Å²) >= 11 is 0. The first kappa shape index (κ1) is 18.8. The van der Waals surface area contributed by atoms with E-state index in [4.69, 9.17) is 9.26 Å². The molecule has 2 aromatic heterocycles. The van der Waals surface area contributed by atoms with E-state index in [0.717, 1.165) is 42.6 Å². The number of fused-ring (bicyclic) bond motifs is 2. The van der Waals surface area contributed by atoms with Crippen LogP contribution in [0.4, 0.5) is 0 Å². The lowest BCUT2D eigenvalue weighted by atomic mass is 9.90. The number of pyridine rings is 1. The Hall–Kier alpha value is -3.22. The second-order valence-electron chi connectivity index (χ2n) is 8.07. The second kappa shape index (κ2) is 7.89. The fraction of sp³-hybridized carbons (Fsp3) is 0.391. The quantitative estimate of drug-likeness (QED) is 0.646. The van der Waals surface area contributed by atoms with Crippen LogP contribution < -0.4 is 4.74 Å². The molecule has 2 saturated heterocycles. The summed E-state index contributed by atoms with van der Waals surface area (Å²) in [5.74, 6) is 2.45. The van der Waals surface area contributed by atoms with Crippen molar-refractivity contribution in [3.8, 4) is 17.1 Å².